The van der Waals surface area contributed by atoms with Gasteiger partial charge in [0.15, 0.2) is 0 Å². The number of likely N-dealkylation sites (N-methyl/N-ethyl adjacent to an activating group) is 1. The minimum atomic E-state index is 0.0204. The summed E-state index contributed by atoms with van der Waals surface area (Å²) in [6.07, 6.45) is 3.54. The molecule has 1 aliphatic heterocycles. The zero-order valence-electron chi connectivity index (χ0n) is 13.3. The number of hydrogen-bond donors (Lipinski definition) is 1. The fourth-order valence-corrected chi connectivity index (χ4v) is 2.61. The highest BCUT2D eigenvalue weighted by atomic mass is 16.2. The van der Waals surface area contributed by atoms with Crippen LogP contribution in [-0.4, -0.2) is 48.6 Å². The SMILES string of the molecule is CCCCc1ccc(NC(=O)N2CCN(CC)CC2)cc1. The van der Waals surface area contributed by atoms with Crippen LogP contribution in [0.3, 0.4) is 0 Å². The fourth-order valence-electron chi connectivity index (χ4n) is 2.61. The van der Waals surface area contributed by atoms with Gasteiger partial charge >= 0.3 is 6.03 Å². The number of hydrogen-bond acceptors (Lipinski definition) is 2. The van der Waals surface area contributed by atoms with E-state index in [2.05, 4.69) is 36.2 Å². The molecule has 0 unspecified atom stereocenters. The summed E-state index contributed by atoms with van der Waals surface area (Å²) in [6, 6.07) is 8.25. The number of unbranched alkanes of at least 4 members (excludes halogenated alkanes) is 1. The number of benzene rings is 1. The Morgan fingerprint density at radius 1 is 1.10 bits per heavy atom. The number of carbonyl (C=O) groups excluding carboxylic acids is 1. The fraction of sp³-hybridized carbons (Fsp3) is 0.588. The second kappa shape index (κ2) is 8.03. The van der Waals surface area contributed by atoms with Crippen molar-refractivity contribution >= 4 is 11.7 Å². The number of amides is 2. The Labute approximate surface area is 128 Å². The van der Waals surface area contributed by atoms with Gasteiger partial charge in [-0.15, -0.1) is 0 Å². The van der Waals surface area contributed by atoms with Gasteiger partial charge in [-0.25, -0.2) is 4.79 Å². The molecule has 0 aliphatic carbocycles. The number of nitrogens with one attached hydrogen (secondary N) is 1. The second-order valence-corrected chi connectivity index (χ2v) is 5.65. The molecule has 1 saturated heterocycles. The van der Waals surface area contributed by atoms with Crippen molar-refractivity contribution in [3.05, 3.63) is 29.8 Å². The third-order valence-corrected chi connectivity index (χ3v) is 4.13. The van der Waals surface area contributed by atoms with Crippen molar-refractivity contribution in [1.29, 1.82) is 0 Å². The average molecular weight is 289 g/mol. The predicted molar refractivity (Wildman–Crippen MR) is 87.8 cm³/mol. The molecule has 1 aliphatic rings. The average Bonchev–Trinajstić information content (AvgIpc) is 2.54. The van der Waals surface area contributed by atoms with E-state index in [0.717, 1.165) is 44.8 Å². The minimum Gasteiger partial charge on any atom is -0.322 e. The molecule has 4 heteroatoms. The summed E-state index contributed by atoms with van der Waals surface area (Å²) in [7, 11) is 0. The molecular formula is C17H27N3O. The van der Waals surface area contributed by atoms with E-state index >= 15 is 0 Å². The number of aryl methyl sites for hydroxylation is 1. The third-order valence-electron chi connectivity index (χ3n) is 4.13. The van der Waals surface area contributed by atoms with Gasteiger partial charge in [0.2, 0.25) is 0 Å². The zero-order valence-corrected chi connectivity index (χ0v) is 13.3. The smallest absolute Gasteiger partial charge is 0.321 e. The molecule has 2 rings (SSSR count). The van der Waals surface area contributed by atoms with E-state index in [1.165, 1.54) is 18.4 Å². The first-order chi connectivity index (χ1) is 10.2. The molecule has 0 spiro atoms. The Kier molecular flexibility index (Phi) is 6.05. The van der Waals surface area contributed by atoms with Gasteiger partial charge in [-0.2, -0.15) is 0 Å². The van der Waals surface area contributed by atoms with E-state index in [9.17, 15) is 4.79 Å². The van der Waals surface area contributed by atoms with Crippen LogP contribution >= 0.6 is 0 Å². The van der Waals surface area contributed by atoms with Gasteiger partial charge < -0.3 is 15.1 Å². The number of piperazine rings is 1. The lowest BCUT2D eigenvalue weighted by atomic mass is 10.1. The summed E-state index contributed by atoms with van der Waals surface area (Å²) in [5.74, 6) is 0. The topological polar surface area (TPSA) is 35.6 Å². The molecule has 0 saturated carbocycles. The predicted octanol–water partition coefficient (Wildman–Crippen LogP) is 3.20. The molecule has 1 heterocycles. The van der Waals surface area contributed by atoms with Crippen LogP contribution in [0.25, 0.3) is 0 Å². The summed E-state index contributed by atoms with van der Waals surface area (Å²) in [5, 5.41) is 3.00. The zero-order chi connectivity index (χ0) is 15.1. The van der Waals surface area contributed by atoms with E-state index < -0.39 is 0 Å². The summed E-state index contributed by atoms with van der Waals surface area (Å²) in [6.45, 7) is 9.00. The highest BCUT2D eigenvalue weighted by Crippen LogP contribution is 2.13. The Morgan fingerprint density at radius 2 is 1.76 bits per heavy atom. The first-order valence-corrected chi connectivity index (χ1v) is 8.10. The van der Waals surface area contributed by atoms with Gasteiger partial charge in [0, 0.05) is 31.9 Å². The van der Waals surface area contributed by atoms with Gasteiger partial charge in [-0.3, -0.25) is 0 Å². The summed E-state index contributed by atoms with van der Waals surface area (Å²) in [5.41, 5.74) is 2.23. The maximum Gasteiger partial charge on any atom is 0.321 e. The van der Waals surface area contributed by atoms with Crippen LogP contribution in [0.1, 0.15) is 32.3 Å². The molecule has 4 nitrogen and oxygen atoms in total. The molecule has 1 fully saturated rings. The third kappa shape index (κ3) is 4.74. The minimum absolute atomic E-state index is 0.0204. The van der Waals surface area contributed by atoms with E-state index in [1.807, 2.05) is 17.0 Å². The highest BCUT2D eigenvalue weighted by molar-refractivity contribution is 5.89. The summed E-state index contributed by atoms with van der Waals surface area (Å²) >= 11 is 0. The van der Waals surface area contributed by atoms with Crippen molar-refractivity contribution in [2.24, 2.45) is 0 Å². The highest BCUT2D eigenvalue weighted by Gasteiger charge is 2.19. The van der Waals surface area contributed by atoms with Crippen molar-refractivity contribution in [3.63, 3.8) is 0 Å². The van der Waals surface area contributed by atoms with Crippen LogP contribution in [0.5, 0.6) is 0 Å². The molecule has 21 heavy (non-hydrogen) atoms. The van der Waals surface area contributed by atoms with Gasteiger partial charge in [0.05, 0.1) is 0 Å². The lowest BCUT2D eigenvalue weighted by Crippen LogP contribution is -2.49. The van der Waals surface area contributed by atoms with E-state index in [4.69, 9.17) is 0 Å². The maximum absolute atomic E-state index is 12.2. The number of carbonyl (C=O) groups is 1. The molecule has 2 amide bonds. The number of anilines is 1. The standard InChI is InChI=1S/C17H27N3O/c1-3-5-6-15-7-9-16(10-8-15)18-17(21)20-13-11-19(4-2)12-14-20/h7-10H,3-6,11-14H2,1-2H3,(H,18,21). The number of nitrogens with zero attached hydrogens (tertiary/aromatic N) is 2. The van der Waals surface area contributed by atoms with Crippen LogP contribution in [0, 0.1) is 0 Å². The summed E-state index contributed by atoms with van der Waals surface area (Å²) in [4.78, 5) is 16.5. The number of urea groups is 1. The quantitative estimate of drug-likeness (QED) is 0.903. The first-order valence-electron chi connectivity index (χ1n) is 8.10. The Hall–Kier alpha value is -1.55. The molecule has 116 valence electrons. The van der Waals surface area contributed by atoms with Crippen molar-refractivity contribution < 1.29 is 4.79 Å². The monoisotopic (exact) mass is 289 g/mol. The normalized spacial score (nSPS) is 16.0. The molecule has 0 bridgehead atoms. The second-order valence-electron chi connectivity index (χ2n) is 5.65. The molecular weight excluding hydrogens is 262 g/mol. The Balaban J connectivity index is 1.82. The Morgan fingerprint density at radius 3 is 2.33 bits per heavy atom. The molecule has 1 N–H and O–H groups in total. The van der Waals surface area contributed by atoms with Crippen LogP contribution in [-0.2, 0) is 6.42 Å². The lowest BCUT2D eigenvalue weighted by Gasteiger charge is -2.33. The molecule has 0 aromatic heterocycles. The van der Waals surface area contributed by atoms with E-state index in [-0.39, 0.29) is 6.03 Å². The largest absolute Gasteiger partial charge is 0.322 e. The van der Waals surface area contributed by atoms with Crippen molar-refractivity contribution in [3.8, 4) is 0 Å². The van der Waals surface area contributed by atoms with E-state index in [0.29, 0.717) is 0 Å². The molecule has 1 aromatic rings. The van der Waals surface area contributed by atoms with Crippen LogP contribution < -0.4 is 5.32 Å². The van der Waals surface area contributed by atoms with Crippen LogP contribution in [0.2, 0.25) is 0 Å². The van der Waals surface area contributed by atoms with Gasteiger partial charge in [-0.05, 0) is 37.1 Å². The molecule has 0 radical (unpaired) electrons. The van der Waals surface area contributed by atoms with Gasteiger partial charge in [0.1, 0.15) is 0 Å². The van der Waals surface area contributed by atoms with Gasteiger partial charge in [-0.1, -0.05) is 32.4 Å². The van der Waals surface area contributed by atoms with E-state index in [1.54, 1.807) is 0 Å². The van der Waals surface area contributed by atoms with Crippen molar-refractivity contribution in [2.45, 2.75) is 33.1 Å². The van der Waals surface area contributed by atoms with Crippen molar-refractivity contribution in [2.75, 3.05) is 38.0 Å². The number of rotatable bonds is 5. The molecule has 1 aromatic carbocycles. The lowest BCUT2D eigenvalue weighted by molar-refractivity contribution is 0.151. The van der Waals surface area contributed by atoms with Crippen LogP contribution in [0.15, 0.2) is 24.3 Å². The molecule has 0 atom stereocenters. The van der Waals surface area contributed by atoms with Crippen LogP contribution in [0.4, 0.5) is 10.5 Å². The first kappa shape index (κ1) is 15.8. The van der Waals surface area contributed by atoms with Crippen molar-refractivity contribution in [1.82, 2.24) is 9.80 Å². The van der Waals surface area contributed by atoms with Gasteiger partial charge in [0.25, 0.3) is 0 Å². The summed E-state index contributed by atoms with van der Waals surface area (Å²) < 4.78 is 0. The Bertz CT molecular complexity index is 436. The maximum atomic E-state index is 12.2.